The number of hydrogen-bond donors (Lipinski definition) is 2. The molecule has 0 saturated heterocycles. The maximum absolute atomic E-state index is 10.5. The summed E-state index contributed by atoms with van der Waals surface area (Å²) in [6.07, 6.45) is 5.32. The van der Waals surface area contributed by atoms with Gasteiger partial charge in [-0.15, -0.1) is 0 Å². The van der Waals surface area contributed by atoms with Crippen molar-refractivity contribution in [2.24, 2.45) is 5.41 Å². The van der Waals surface area contributed by atoms with Crippen molar-refractivity contribution in [3.63, 3.8) is 0 Å². The highest BCUT2D eigenvalue weighted by Gasteiger charge is 2.41. The quantitative estimate of drug-likeness (QED) is 0.483. The Hall–Kier alpha value is -1.51. The number of aromatic nitrogens is 2. The van der Waals surface area contributed by atoms with Gasteiger partial charge in [0.2, 0.25) is 0 Å². The van der Waals surface area contributed by atoms with E-state index >= 15 is 0 Å². The Morgan fingerprint density at radius 3 is 3.00 bits per heavy atom. The third kappa shape index (κ3) is 4.76. The Balaban J connectivity index is 1.67. The molecule has 118 valence electrons. The van der Waals surface area contributed by atoms with Crippen LogP contribution in [0.3, 0.4) is 0 Å². The van der Waals surface area contributed by atoms with Gasteiger partial charge in [0.05, 0.1) is 17.6 Å². The van der Waals surface area contributed by atoms with Crippen LogP contribution in [0.25, 0.3) is 0 Å². The minimum absolute atomic E-state index is 0.0633. The van der Waals surface area contributed by atoms with Crippen molar-refractivity contribution in [1.29, 1.82) is 0 Å². The number of aliphatic hydroxyl groups is 1. The van der Waals surface area contributed by atoms with Crippen LogP contribution >= 0.6 is 0 Å². The zero-order chi connectivity index (χ0) is 15.3. The smallest absolute Gasteiger partial charge is 0.306 e. The van der Waals surface area contributed by atoms with E-state index in [-0.39, 0.29) is 12.2 Å². The van der Waals surface area contributed by atoms with Crippen LogP contribution in [0, 0.1) is 15.5 Å². The molecule has 21 heavy (non-hydrogen) atoms. The van der Waals surface area contributed by atoms with Gasteiger partial charge in [-0.2, -0.15) is 5.10 Å². The number of nitrogens with one attached hydrogen (secondary N) is 1. The van der Waals surface area contributed by atoms with Gasteiger partial charge >= 0.3 is 5.69 Å². The maximum Gasteiger partial charge on any atom is 0.306 e. The number of nitro groups is 1. The molecule has 1 saturated carbocycles. The van der Waals surface area contributed by atoms with Crippen LogP contribution in [0.5, 0.6) is 0 Å². The fourth-order valence-corrected chi connectivity index (χ4v) is 2.34. The number of nitrogens with zero attached hydrogens (tertiary/aromatic N) is 3. The summed E-state index contributed by atoms with van der Waals surface area (Å²) in [6, 6.07) is 0. The maximum atomic E-state index is 10.5. The molecule has 8 nitrogen and oxygen atoms in total. The molecule has 1 aromatic heterocycles. The summed E-state index contributed by atoms with van der Waals surface area (Å²) in [5.74, 6) is 0. The van der Waals surface area contributed by atoms with Crippen LogP contribution in [-0.4, -0.2) is 52.7 Å². The number of aliphatic hydroxyl groups excluding tert-OH is 1. The first-order valence-electron chi connectivity index (χ1n) is 7.09. The SMILES string of the molecule is COCCC1(CNCC(O)Cn2cc([N+](=O)[O-])cn2)CC1. The normalized spacial score (nSPS) is 17.6. The van der Waals surface area contributed by atoms with Crippen molar-refractivity contribution < 1.29 is 14.8 Å². The average molecular weight is 298 g/mol. The van der Waals surface area contributed by atoms with Gasteiger partial charge < -0.3 is 15.2 Å². The lowest BCUT2D eigenvalue weighted by Gasteiger charge is -2.17. The largest absolute Gasteiger partial charge is 0.390 e. The molecule has 0 aromatic carbocycles. The Kier molecular flexibility index (Phi) is 5.27. The number of rotatable bonds is 10. The van der Waals surface area contributed by atoms with Crippen LogP contribution in [0.4, 0.5) is 5.69 Å². The van der Waals surface area contributed by atoms with Gasteiger partial charge in [-0.05, 0) is 24.7 Å². The van der Waals surface area contributed by atoms with E-state index in [0.29, 0.717) is 12.0 Å². The van der Waals surface area contributed by atoms with Crippen molar-refractivity contribution in [3.8, 4) is 0 Å². The zero-order valence-corrected chi connectivity index (χ0v) is 12.2. The van der Waals surface area contributed by atoms with Crippen molar-refractivity contribution in [3.05, 3.63) is 22.5 Å². The minimum Gasteiger partial charge on any atom is -0.390 e. The molecule has 1 unspecified atom stereocenters. The first-order chi connectivity index (χ1) is 10.0. The predicted molar refractivity (Wildman–Crippen MR) is 75.9 cm³/mol. The second-order valence-electron chi connectivity index (χ2n) is 5.71. The standard InChI is InChI=1S/C13H22N4O4/c1-21-5-4-13(2-3-13)10-14-7-12(18)9-16-8-11(6-15-16)17(19)20/h6,8,12,14,18H,2-5,7,9-10H2,1H3. The van der Waals surface area contributed by atoms with Crippen LogP contribution < -0.4 is 5.32 Å². The average Bonchev–Trinajstić information content (AvgIpc) is 3.05. The van der Waals surface area contributed by atoms with E-state index in [1.807, 2.05) is 0 Å². The third-order valence-corrected chi connectivity index (χ3v) is 3.90. The third-order valence-electron chi connectivity index (χ3n) is 3.90. The first-order valence-corrected chi connectivity index (χ1v) is 7.09. The summed E-state index contributed by atoms with van der Waals surface area (Å²) in [4.78, 5) is 10.0. The molecule has 1 fully saturated rings. The van der Waals surface area contributed by atoms with E-state index in [2.05, 4.69) is 10.4 Å². The van der Waals surface area contributed by atoms with E-state index in [1.54, 1.807) is 7.11 Å². The zero-order valence-electron chi connectivity index (χ0n) is 12.2. The van der Waals surface area contributed by atoms with Gasteiger partial charge in [0.25, 0.3) is 0 Å². The molecule has 0 spiro atoms. The molecule has 8 heteroatoms. The van der Waals surface area contributed by atoms with Crippen molar-refractivity contribution in [2.45, 2.75) is 31.9 Å². The van der Waals surface area contributed by atoms with E-state index in [1.165, 1.54) is 29.9 Å². The molecule has 1 atom stereocenters. The van der Waals surface area contributed by atoms with Crippen LogP contribution in [0.2, 0.25) is 0 Å². The summed E-state index contributed by atoms with van der Waals surface area (Å²) in [5, 5.41) is 27.6. The molecule has 0 amide bonds. The van der Waals surface area contributed by atoms with Crippen LogP contribution in [0.1, 0.15) is 19.3 Å². The van der Waals surface area contributed by atoms with Gasteiger partial charge in [-0.3, -0.25) is 14.8 Å². The highest BCUT2D eigenvalue weighted by Crippen LogP contribution is 2.48. The van der Waals surface area contributed by atoms with Crippen LogP contribution in [0.15, 0.2) is 12.4 Å². The van der Waals surface area contributed by atoms with Gasteiger partial charge in [0.15, 0.2) is 0 Å². The number of hydrogen-bond acceptors (Lipinski definition) is 6. The summed E-state index contributed by atoms with van der Waals surface area (Å²) >= 11 is 0. The molecule has 2 N–H and O–H groups in total. The van der Waals surface area contributed by atoms with Gasteiger partial charge in [0, 0.05) is 26.8 Å². The number of ether oxygens (including phenoxy) is 1. The van der Waals surface area contributed by atoms with Crippen molar-refractivity contribution >= 4 is 5.69 Å². The highest BCUT2D eigenvalue weighted by molar-refractivity contribution is 5.20. The van der Waals surface area contributed by atoms with Gasteiger partial charge in [-0.1, -0.05) is 0 Å². The molecule has 0 radical (unpaired) electrons. The molecule has 1 aliphatic carbocycles. The second-order valence-corrected chi connectivity index (χ2v) is 5.71. The van der Waals surface area contributed by atoms with E-state index < -0.39 is 11.0 Å². The lowest BCUT2D eigenvalue weighted by molar-refractivity contribution is -0.385. The number of methoxy groups -OCH3 is 1. The van der Waals surface area contributed by atoms with Crippen molar-refractivity contribution in [1.82, 2.24) is 15.1 Å². The molecule has 1 aromatic rings. The fraction of sp³-hybridized carbons (Fsp3) is 0.769. The molecule has 1 aliphatic rings. The molecule has 2 rings (SSSR count). The lowest BCUT2D eigenvalue weighted by Crippen LogP contribution is -2.34. The Bertz CT molecular complexity index is 472. The summed E-state index contributed by atoms with van der Waals surface area (Å²) in [5.41, 5.74) is 0.270. The highest BCUT2D eigenvalue weighted by atomic mass is 16.6. The minimum atomic E-state index is -0.622. The first kappa shape index (κ1) is 15.9. The molecule has 0 aliphatic heterocycles. The van der Waals surface area contributed by atoms with Gasteiger partial charge in [-0.25, -0.2) is 0 Å². The van der Waals surface area contributed by atoms with E-state index in [9.17, 15) is 15.2 Å². The Morgan fingerprint density at radius 2 is 2.43 bits per heavy atom. The lowest BCUT2D eigenvalue weighted by atomic mass is 10.0. The summed E-state index contributed by atoms with van der Waals surface area (Å²) < 4.78 is 6.49. The topological polar surface area (TPSA) is 102 Å². The summed E-state index contributed by atoms with van der Waals surface area (Å²) in [7, 11) is 1.70. The monoisotopic (exact) mass is 298 g/mol. The molecule has 0 bridgehead atoms. The van der Waals surface area contributed by atoms with Gasteiger partial charge in [0.1, 0.15) is 12.4 Å². The van der Waals surface area contributed by atoms with E-state index in [4.69, 9.17) is 4.74 Å². The second kappa shape index (κ2) is 6.97. The molecular formula is C13H22N4O4. The fourth-order valence-electron chi connectivity index (χ4n) is 2.34. The van der Waals surface area contributed by atoms with E-state index in [0.717, 1.165) is 19.6 Å². The Labute approximate surface area is 123 Å². The molecular weight excluding hydrogens is 276 g/mol. The predicted octanol–water partition coefficient (Wildman–Crippen LogP) is 0.558. The Morgan fingerprint density at radius 1 is 1.67 bits per heavy atom. The van der Waals surface area contributed by atoms with Crippen LogP contribution in [-0.2, 0) is 11.3 Å². The molecule has 1 heterocycles. The van der Waals surface area contributed by atoms with Crippen molar-refractivity contribution in [2.75, 3.05) is 26.8 Å². The summed E-state index contributed by atoms with van der Waals surface area (Å²) in [6.45, 7) is 2.32.